The molecule has 1 heterocycles. The highest BCUT2D eigenvalue weighted by Gasteiger charge is 2.25. The maximum absolute atomic E-state index is 9.31. The van der Waals surface area contributed by atoms with Crippen LogP contribution in [0.5, 0.6) is 11.5 Å². The molecule has 3 N–H and O–H groups in total. The molecule has 0 bridgehead atoms. The van der Waals surface area contributed by atoms with E-state index >= 15 is 0 Å². The van der Waals surface area contributed by atoms with Gasteiger partial charge in [0, 0.05) is 18.7 Å². The number of likely N-dealkylation sites (tertiary alicyclic amines) is 1. The minimum atomic E-state index is 0.0577. The molecular formula is C13H20N2O2. The quantitative estimate of drug-likeness (QED) is 0.820. The van der Waals surface area contributed by atoms with Gasteiger partial charge in [-0.25, -0.2) is 0 Å². The van der Waals surface area contributed by atoms with E-state index in [0.717, 1.165) is 19.5 Å². The Hall–Kier alpha value is -1.26. The zero-order valence-electron chi connectivity index (χ0n) is 10.2. The molecule has 0 spiro atoms. The lowest BCUT2D eigenvalue weighted by Crippen LogP contribution is -2.37. The summed E-state index contributed by atoms with van der Waals surface area (Å²) in [6.07, 6.45) is 1.14. The first-order chi connectivity index (χ1) is 8.15. The van der Waals surface area contributed by atoms with Crippen LogP contribution in [0.4, 0.5) is 0 Å². The molecule has 2 atom stereocenters. The van der Waals surface area contributed by atoms with Crippen LogP contribution >= 0.6 is 0 Å². The van der Waals surface area contributed by atoms with Crippen molar-refractivity contribution < 1.29 is 9.84 Å². The first-order valence-electron chi connectivity index (χ1n) is 6.01. The Bertz CT molecular complexity index is 370. The number of nitrogens with zero attached hydrogens (tertiary/aromatic N) is 1. The summed E-state index contributed by atoms with van der Waals surface area (Å²) in [6, 6.07) is 6.88. The van der Waals surface area contributed by atoms with E-state index in [1.807, 2.05) is 6.07 Å². The van der Waals surface area contributed by atoms with Crippen molar-refractivity contribution in [3.63, 3.8) is 0 Å². The molecule has 0 aliphatic carbocycles. The van der Waals surface area contributed by atoms with Gasteiger partial charge in [-0.05, 0) is 38.1 Å². The van der Waals surface area contributed by atoms with Gasteiger partial charge >= 0.3 is 0 Å². The molecule has 2 rings (SSSR count). The Balaban J connectivity index is 1.81. The third-order valence-electron chi connectivity index (χ3n) is 3.29. The molecule has 4 nitrogen and oxygen atoms in total. The van der Waals surface area contributed by atoms with E-state index in [9.17, 15) is 5.11 Å². The van der Waals surface area contributed by atoms with E-state index in [2.05, 4.69) is 11.9 Å². The molecule has 1 saturated heterocycles. The molecule has 1 aromatic rings. The highest BCUT2D eigenvalue weighted by molar-refractivity contribution is 5.31. The minimum absolute atomic E-state index is 0.0577. The summed E-state index contributed by atoms with van der Waals surface area (Å²) >= 11 is 0. The van der Waals surface area contributed by atoms with E-state index in [4.69, 9.17) is 10.5 Å². The molecule has 0 radical (unpaired) electrons. The second kappa shape index (κ2) is 5.38. The molecule has 1 fully saturated rings. The van der Waals surface area contributed by atoms with Crippen molar-refractivity contribution in [1.29, 1.82) is 0 Å². The van der Waals surface area contributed by atoms with Gasteiger partial charge in [0.25, 0.3) is 0 Å². The number of hydrogen-bond donors (Lipinski definition) is 2. The Morgan fingerprint density at radius 2 is 2.41 bits per heavy atom. The first kappa shape index (κ1) is 12.2. The average Bonchev–Trinajstić information content (AvgIpc) is 2.73. The molecule has 1 aliphatic heterocycles. The normalized spacial score (nSPS) is 22.6. The molecule has 0 saturated carbocycles. The lowest BCUT2D eigenvalue weighted by atomic mass is 10.0. The van der Waals surface area contributed by atoms with Crippen LogP contribution in [0, 0.1) is 5.92 Å². The average molecular weight is 236 g/mol. The largest absolute Gasteiger partial charge is 0.508 e. The van der Waals surface area contributed by atoms with Crippen molar-refractivity contribution >= 4 is 0 Å². The molecule has 4 heteroatoms. The Kier molecular flexibility index (Phi) is 3.86. The van der Waals surface area contributed by atoms with Gasteiger partial charge in [0.1, 0.15) is 18.1 Å². The minimum Gasteiger partial charge on any atom is -0.508 e. The number of aromatic hydroxyl groups is 1. The maximum atomic E-state index is 9.31. The Morgan fingerprint density at radius 3 is 3.06 bits per heavy atom. The highest BCUT2D eigenvalue weighted by atomic mass is 16.5. The molecule has 2 unspecified atom stereocenters. The molecule has 1 aliphatic rings. The van der Waals surface area contributed by atoms with Crippen molar-refractivity contribution in [2.75, 3.05) is 26.7 Å². The number of ether oxygens (including phenoxy) is 1. The van der Waals surface area contributed by atoms with Crippen molar-refractivity contribution in [3.8, 4) is 11.5 Å². The van der Waals surface area contributed by atoms with Crippen molar-refractivity contribution in [2.24, 2.45) is 11.7 Å². The van der Waals surface area contributed by atoms with E-state index in [1.165, 1.54) is 0 Å². The van der Waals surface area contributed by atoms with Gasteiger partial charge in [-0.3, -0.25) is 0 Å². The third kappa shape index (κ3) is 3.35. The fraction of sp³-hybridized carbons (Fsp3) is 0.538. The van der Waals surface area contributed by atoms with Crippen molar-refractivity contribution in [2.45, 2.75) is 12.5 Å². The standard InChI is InChI=1S/C13H20N2O2/c1-15-6-5-10(8-15)13(14)9-17-12-4-2-3-11(16)7-12/h2-4,7,10,13,16H,5-6,8-9,14H2,1H3. The summed E-state index contributed by atoms with van der Waals surface area (Å²) in [5, 5.41) is 9.31. The Morgan fingerprint density at radius 1 is 1.59 bits per heavy atom. The van der Waals surface area contributed by atoms with Gasteiger partial charge in [0.15, 0.2) is 0 Å². The van der Waals surface area contributed by atoms with Crippen LogP contribution in [0.2, 0.25) is 0 Å². The first-order valence-corrected chi connectivity index (χ1v) is 6.01. The Labute approximate surface area is 102 Å². The fourth-order valence-corrected chi connectivity index (χ4v) is 2.22. The summed E-state index contributed by atoms with van der Waals surface area (Å²) < 4.78 is 5.59. The summed E-state index contributed by atoms with van der Waals surface area (Å²) in [5.41, 5.74) is 6.11. The number of nitrogens with two attached hydrogens (primary N) is 1. The lowest BCUT2D eigenvalue weighted by molar-refractivity contribution is 0.244. The number of rotatable bonds is 4. The summed E-state index contributed by atoms with van der Waals surface area (Å²) in [6.45, 7) is 2.66. The van der Waals surface area contributed by atoms with Gasteiger partial charge in [0.2, 0.25) is 0 Å². The number of phenolic OH excluding ortho intramolecular Hbond substituents is 1. The van der Waals surface area contributed by atoms with Crippen LogP contribution in [-0.4, -0.2) is 42.8 Å². The zero-order chi connectivity index (χ0) is 12.3. The third-order valence-corrected chi connectivity index (χ3v) is 3.29. The summed E-state index contributed by atoms with van der Waals surface area (Å²) in [7, 11) is 2.11. The van der Waals surface area contributed by atoms with Crippen molar-refractivity contribution in [3.05, 3.63) is 24.3 Å². The van der Waals surface area contributed by atoms with Gasteiger partial charge in [-0.2, -0.15) is 0 Å². The second-order valence-corrected chi connectivity index (χ2v) is 4.78. The van der Waals surface area contributed by atoms with E-state index in [-0.39, 0.29) is 11.8 Å². The molecule has 0 aromatic heterocycles. The monoisotopic (exact) mass is 236 g/mol. The fourth-order valence-electron chi connectivity index (χ4n) is 2.22. The van der Waals surface area contributed by atoms with Crippen LogP contribution in [0.15, 0.2) is 24.3 Å². The van der Waals surface area contributed by atoms with Crippen LogP contribution < -0.4 is 10.5 Å². The number of phenols is 1. The van der Waals surface area contributed by atoms with Gasteiger partial charge in [0.05, 0.1) is 0 Å². The predicted octanol–water partition coefficient (Wildman–Crippen LogP) is 1.05. The van der Waals surface area contributed by atoms with Crippen LogP contribution in [0.1, 0.15) is 6.42 Å². The van der Waals surface area contributed by atoms with Gasteiger partial charge < -0.3 is 20.5 Å². The molecule has 0 amide bonds. The predicted molar refractivity (Wildman–Crippen MR) is 67.2 cm³/mol. The van der Waals surface area contributed by atoms with E-state index < -0.39 is 0 Å². The number of benzene rings is 1. The van der Waals surface area contributed by atoms with Crippen LogP contribution in [-0.2, 0) is 0 Å². The molecule has 1 aromatic carbocycles. The second-order valence-electron chi connectivity index (χ2n) is 4.78. The molecule has 17 heavy (non-hydrogen) atoms. The molecular weight excluding hydrogens is 216 g/mol. The highest BCUT2D eigenvalue weighted by Crippen LogP contribution is 2.20. The maximum Gasteiger partial charge on any atom is 0.123 e. The lowest BCUT2D eigenvalue weighted by Gasteiger charge is -2.19. The smallest absolute Gasteiger partial charge is 0.123 e. The van der Waals surface area contributed by atoms with E-state index in [1.54, 1.807) is 18.2 Å². The summed E-state index contributed by atoms with van der Waals surface area (Å²) in [5.74, 6) is 1.40. The topological polar surface area (TPSA) is 58.7 Å². The SMILES string of the molecule is CN1CCC(C(N)COc2cccc(O)c2)C1. The van der Waals surface area contributed by atoms with Gasteiger partial charge in [-0.15, -0.1) is 0 Å². The van der Waals surface area contributed by atoms with E-state index in [0.29, 0.717) is 18.3 Å². The summed E-state index contributed by atoms with van der Waals surface area (Å²) in [4.78, 5) is 2.29. The molecule has 94 valence electrons. The van der Waals surface area contributed by atoms with Crippen LogP contribution in [0.25, 0.3) is 0 Å². The van der Waals surface area contributed by atoms with Crippen molar-refractivity contribution in [1.82, 2.24) is 4.90 Å². The van der Waals surface area contributed by atoms with Crippen LogP contribution in [0.3, 0.4) is 0 Å². The number of hydrogen-bond acceptors (Lipinski definition) is 4. The zero-order valence-corrected chi connectivity index (χ0v) is 10.2. The van der Waals surface area contributed by atoms with Gasteiger partial charge in [-0.1, -0.05) is 6.07 Å².